The predicted molar refractivity (Wildman–Crippen MR) is 74.8 cm³/mol. The molecule has 2 rings (SSSR count). The second kappa shape index (κ2) is 6.39. The third-order valence-electron chi connectivity index (χ3n) is 2.64. The van der Waals surface area contributed by atoms with Crippen molar-refractivity contribution < 1.29 is 14.3 Å². The van der Waals surface area contributed by atoms with E-state index in [1.54, 1.807) is 13.2 Å². The lowest BCUT2D eigenvalue weighted by Gasteiger charge is -1.99. The van der Waals surface area contributed by atoms with Gasteiger partial charge in [0.2, 0.25) is 0 Å². The van der Waals surface area contributed by atoms with Gasteiger partial charge in [0.05, 0.1) is 13.3 Å². The maximum Gasteiger partial charge on any atom is 0.123 e. The van der Waals surface area contributed by atoms with Gasteiger partial charge in [0.15, 0.2) is 0 Å². The fourth-order valence-corrected chi connectivity index (χ4v) is 1.63. The maximum absolute atomic E-state index is 13.1. The molecule has 0 fully saturated rings. The lowest BCUT2D eigenvalue weighted by molar-refractivity contribution is 0.322. The highest BCUT2D eigenvalue weighted by Gasteiger charge is 2.00. The molecule has 0 spiro atoms. The maximum atomic E-state index is 13.1. The summed E-state index contributed by atoms with van der Waals surface area (Å²) in [7, 11) is 1.60. The molecule has 0 atom stereocenters. The Morgan fingerprint density at radius 3 is 2.55 bits per heavy atom. The number of nitrogens with zero attached hydrogens (tertiary/aromatic N) is 1. The van der Waals surface area contributed by atoms with Crippen molar-refractivity contribution in [3.63, 3.8) is 0 Å². The van der Waals surface area contributed by atoms with Crippen LogP contribution < -0.4 is 4.74 Å². The molecule has 0 aliphatic heterocycles. The first kappa shape index (κ1) is 13.6. The van der Waals surface area contributed by atoms with E-state index in [4.69, 9.17) is 9.94 Å². The van der Waals surface area contributed by atoms with E-state index in [-0.39, 0.29) is 0 Å². The monoisotopic (exact) mass is 269 g/mol. The number of benzene rings is 2. The highest BCUT2D eigenvalue weighted by atomic mass is 19.1. The molecule has 100 valence electrons. The van der Waals surface area contributed by atoms with E-state index < -0.39 is 5.82 Å². The van der Waals surface area contributed by atoms with Crippen LogP contribution in [0.2, 0.25) is 0 Å². The zero-order chi connectivity index (χ0) is 14.4. The molecule has 0 aliphatic rings. The Morgan fingerprint density at radius 2 is 1.90 bits per heavy atom. The number of oxime groups is 1. The van der Waals surface area contributed by atoms with Crippen LogP contribution in [0.3, 0.4) is 0 Å². The van der Waals surface area contributed by atoms with E-state index in [1.165, 1.54) is 12.1 Å². The molecule has 1 N–H and O–H groups in total. The molecule has 2 aromatic carbocycles. The van der Waals surface area contributed by atoms with E-state index in [0.717, 1.165) is 17.5 Å². The Kier molecular flexibility index (Phi) is 4.35. The van der Waals surface area contributed by atoms with Crippen LogP contribution in [-0.4, -0.2) is 18.5 Å². The number of hydrogen-bond donors (Lipinski definition) is 1. The second-order valence-corrected chi connectivity index (χ2v) is 3.95. The number of rotatable bonds is 2. The first-order valence-corrected chi connectivity index (χ1v) is 5.86. The number of methoxy groups -OCH3 is 1. The van der Waals surface area contributed by atoms with Gasteiger partial charge in [-0.3, -0.25) is 0 Å². The number of halogens is 1. The van der Waals surface area contributed by atoms with E-state index in [0.29, 0.717) is 11.1 Å². The zero-order valence-electron chi connectivity index (χ0n) is 10.8. The zero-order valence-corrected chi connectivity index (χ0v) is 10.8. The van der Waals surface area contributed by atoms with Crippen LogP contribution in [0, 0.1) is 17.7 Å². The standard InChI is InChI=1S/C16H12FNO2/c1-20-16-8-3-12(4-9-16)2-5-13-6-7-15(17)10-14(13)11-18-19/h3-4,6-11,19H,1H3/b18-11+. The van der Waals surface area contributed by atoms with Gasteiger partial charge in [-0.05, 0) is 42.5 Å². The summed E-state index contributed by atoms with van der Waals surface area (Å²) in [5.74, 6) is 6.23. The molecule has 4 heteroatoms. The van der Waals surface area contributed by atoms with Crippen molar-refractivity contribution in [2.75, 3.05) is 7.11 Å². The van der Waals surface area contributed by atoms with Crippen LogP contribution in [-0.2, 0) is 0 Å². The van der Waals surface area contributed by atoms with Gasteiger partial charge in [0.25, 0.3) is 0 Å². The minimum absolute atomic E-state index is 0.408. The summed E-state index contributed by atoms with van der Waals surface area (Å²) in [5.41, 5.74) is 1.82. The molecule has 3 nitrogen and oxygen atoms in total. The van der Waals surface area contributed by atoms with Crippen molar-refractivity contribution in [1.29, 1.82) is 0 Å². The molecule has 0 aromatic heterocycles. The molecular weight excluding hydrogens is 257 g/mol. The van der Waals surface area contributed by atoms with Gasteiger partial charge >= 0.3 is 0 Å². The van der Waals surface area contributed by atoms with E-state index in [1.807, 2.05) is 24.3 Å². The van der Waals surface area contributed by atoms with Gasteiger partial charge in [-0.2, -0.15) is 0 Å². The Hall–Kier alpha value is -2.80. The first-order chi connectivity index (χ1) is 9.72. The van der Waals surface area contributed by atoms with Crippen LogP contribution >= 0.6 is 0 Å². The van der Waals surface area contributed by atoms with Crippen LogP contribution in [0.1, 0.15) is 16.7 Å². The lowest BCUT2D eigenvalue weighted by atomic mass is 10.1. The Labute approximate surface area is 116 Å². The average Bonchev–Trinajstić information content (AvgIpc) is 2.47. The highest BCUT2D eigenvalue weighted by Crippen LogP contribution is 2.11. The van der Waals surface area contributed by atoms with Gasteiger partial charge < -0.3 is 9.94 Å². The molecule has 0 bridgehead atoms. The van der Waals surface area contributed by atoms with Crippen molar-refractivity contribution in [3.8, 4) is 17.6 Å². The molecule has 0 unspecified atom stereocenters. The molecule has 0 amide bonds. The minimum atomic E-state index is -0.408. The number of ether oxygens (including phenoxy) is 1. The molecule has 0 radical (unpaired) electrons. The summed E-state index contributed by atoms with van der Waals surface area (Å²) in [6.07, 6.45) is 1.15. The predicted octanol–water partition coefficient (Wildman–Crippen LogP) is 3.04. The topological polar surface area (TPSA) is 41.8 Å². The molecule has 0 saturated carbocycles. The summed E-state index contributed by atoms with van der Waals surface area (Å²) in [4.78, 5) is 0. The largest absolute Gasteiger partial charge is 0.497 e. The molecule has 0 heterocycles. The molecule has 20 heavy (non-hydrogen) atoms. The number of hydrogen-bond acceptors (Lipinski definition) is 3. The first-order valence-electron chi connectivity index (χ1n) is 5.86. The molecule has 0 aliphatic carbocycles. The molecule has 2 aromatic rings. The lowest BCUT2D eigenvalue weighted by Crippen LogP contribution is -1.90. The van der Waals surface area contributed by atoms with Crippen LogP contribution in [0.25, 0.3) is 0 Å². The Morgan fingerprint density at radius 1 is 1.15 bits per heavy atom. The SMILES string of the molecule is COc1ccc(C#Cc2ccc(F)cc2/C=N/O)cc1. The third-order valence-corrected chi connectivity index (χ3v) is 2.64. The molecular formula is C16H12FNO2. The summed E-state index contributed by atoms with van der Waals surface area (Å²) in [5, 5.41) is 11.5. The van der Waals surface area contributed by atoms with Gasteiger partial charge in [-0.25, -0.2) is 4.39 Å². The Balaban J connectivity index is 2.32. The van der Waals surface area contributed by atoms with Crippen molar-refractivity contribution in [2.24, 2.45) is 5.16 Å². The van der Waals surface area contributed by atoms with Crippen molar-refractivity contribution >= 4 is 6.21 Å². The van der Waals surface area contributed by atoms with Gasteiger partial charge in [0, 0.05) is 16.7 Å². The van der Waals surface area contributed by atoms with Crippen LogP contribution in [0.4, 0.5) is 4.39 Å². The Bertz CT molecular complexity index is 682. The van der Waals surface area contributed by atoms with E-state index >= 15 is 0 Å². The van der Waals surface area contributed by atoms with Crippen LogP contribution in [0.5, 0.6) is 5.75 Å². The van der Waals surface area contributed by atoms with Gasteiger partial charge in [-0.1, -0.05) is 17.0 Å². The molecule has 0 saturated heterocycles. The van der Waals surface area contributed by atoms with Crippen molar-refractivity contribution in [1.82, 2.24) is 0 Å². The normalized spacial score (nSPS) is 10.1. The fraction of sp³-hybridized carbons (Fsp3) is 0.0625. The highest BCUT2D eigenvalue weighted by molar-refractivity contribution is 5.83. The van der Waals surface area contributed by atoms with Crippen molar-refractivity contribution in [2.45, 2.75) is 0 Å². The third kappa shape index (κ3) is 3.36. The summed E-state index contributed by atoms with van der Waals surface area (Å²) >= 11 is 0. The fourth-order valence-electron chi connectivity index (χ4n) is 1.63. The van der Waals surface area contributed by atoms with Gasteiger partial charge in [0.1, 0.15) is 11.6 Å². The summed E-state index contributed by atoms with van der Waals surface area (Å²) in [6, 6.07) is 11.4. The van der Waals surface area contributed by atoms with E-state index in [9.17, 15) is 4.39 Å². The quantitative estimate of drug-likeness (QED) is 0.394. The van der Waals surface area contributed by atoms with E-state index in [2.05, 4.69) is 17.0 Å². The second-order valence-electron chi connectivity index (χ2n) is 3.95. The van der Waals surface area contributed by atoms with Crippen LogP contribution in [0.15, 0.2) is 47.6 Å². The average molecular weight is 269 g/mol. The summed E-state index contributed by atoms with van der Waals surface area (Å²) < 4.78 is 18.2. The smallest absolute Gasteiger partial charge is 0.123 e. The minimum Gasteiger partial charge on any atom is -0.497 e. The van der Waals surface area contributed by atoms with Crippen molar-refractivity contribution in [3.05, 3.63) is 65.0 Å². The van der Waals surface area contributed by atoms with Gasteiger partial charge in [-0.15, -0.1) is 0 Å². The summed E-state index contributed by atoms with van der Waals surface area (Å²) in [6.45, 7) is 0.